The first-order valence-corrected chi connectivity index (χ1v) is 5.70. The second-order valence-electron chi connectivity index (χ2n) is 4.91. The van der Waals surface area contributed by atoms with E-state index in [2.05, 4.69) is 10.5 Å². The SMILES string of the molecule is CN(C)C(=O)CCNCCC(C)(C)C(N)=NO. The Kier molecular flexibility index (Phi) is 6.57. The fourth-order valence-electron chi connectivity index (χ4n) is 1.21. The van der Waals surface area contributed by atoms with Crippen LogP contribution >= 0.6 is 0 Å². The Balaban J connectivity index is 3.76. The number of nitrogens with one attached hydrogen (secondary N) is 1. The van der Waals surface area contributed by atoms with Gasteiger partial charge >= 0.3 is 0 Å². The van der Waals surface area contributed by atoms with Crippen LogP contribution in [0.1, 0.15) is 26.7 Å². The van der Waals surface area contributed by atoms with E-state index in [1.165, 1.54) is 0 Å². The Morgan fingerprint density at radius 3 is 2.47 bits per heavy atom. The zero-order chi connectivity index (χ0) is 13.5. The summed E-state index contributed by atoms with van der Waals surface area (Å²) in [4.78, 5) is 12.8. The van der Waals surface area contributed by atoms with Gasteiger partial charge in [0.2, 0.25) is 5.91 Å². The average molecular weight is 244 g/mol. The number of carbonyl (C=O) groups excluding carboxylic acids is 1. The van der Waals surface area contributed by atoms with Crippen molar-refractivity contribution in [3.8, 4) is 0 Å². The molecule has 0 spiro atoms. The fraction of sp³-hybridized carbons (Fsp3) is 0.818. The molecule has 0 unspecified atom stereocenters. The molecule has 0 aromatic rings. The molecule has 6 nitrogen and oxygen atoms in total. The first-order valence-electron chi connectivity index (χ1n) is 5.70. The van der Waals surface area contributed by atoms with E-state index >= 15 is 0 Å². The predicted molar refractivity (Wildman–Crippen MR) is 68.0 cm³/mol. The van der Waals surface area contributed by atoms with Gasteiger partial charge in [-0.25, -0.2) is 0 Å². The minimum absolute atomic E-state index is 0.105. The van der Waals surface area contributed by atoms with Crippen LogP contribution in [0.3, 0.4) is 0 Å². The van der Waals surface area contributed by atoms with E-state index in [0.717, 1.165) is 13.0 Å². The smallest absolute Gasteiger partial charge is 0.223 e. The van der Waals surface area contributed by atoms with Crippen molar-refractivity contribution in [1.29, 1.82) is 0 Å². The first-order chi connectivity index (χ1) is 7.81. The molecule has 100 valence electrons. The number of carbonyl (C=O) groups is 1. The molecule has 4 N–H and O–H groups in total. The van der Waals surface area contributed by atoms with Crippen LogP contribution in [0.2, 0.25) is 0 Å². The summed E-state index contributed by atoms with van der Waals surface area (Å²) in [6.45, 7) is 5.19. The molecule has 0 aliphatic rings. The third-order valence-electron chi connectivity index (χ3n) is 2.74. The first kappa shape index (κ1) is 15.7. The molecular weight excluding hydrogens is 220 g/mol. The topological polar surface area (TPSA) is 91.0 Å². The maximum atomic E-state index is 11.3. The van der Waals surface area contributed by atoms with Crippen LogP contribution in [0.5, 0.6) is 0 Å². The number of hydrogen-bond acceptors (Lipinski definition) is 4. The standard InChI is InChI=1S/C11H24N4O2/c1-11(2,10(12)14-17)6-8-13-7-5-9(16)15(3)4/h13,17H,5-8H2,1-4H3,(H2,12,14). The van der Waals surface area contributed by atoms with Gasteiger partial charge in [-0.1, -0.05) is 19.0 Å². The lowest BCUT2D eigenvalue weighted by molar-refractivity contribution is -0.128. The van der Waals surface area contributed by atoms with E-state index < -0.39 is 0 Å². The lowest BCUT2D eigenvalue weighted by atomic mass is 9.88. The molecular formula is C11H24N4O2. The van der Waals surface area contributed by atoms with Gasteiger partial charge in [0.15, 0.2) is 0 Å². The van der Waals surface area contributed by atoms with Crippen LogP contribution in [0.25, 0.3) is 0 Å². The van der Waals surface area contributed by atoms with Gasteiger partial charge in [-0.15, -0.1) is 0 Å². The zero-order valence-corrected chi connectivity index (χ0v) is 11.2. The van der Waals surface area contributed by atoms with Crippen LogP contribution in [-0.2, 0) is 4.79 Å². The number of nitrogens with two attached hydrogens (primary N) is 1. The van der Waals surface area contributed by atoms with Gasteiger partial charge in [0.05, 0.1) is 0 Å². The van der Waals surface area contributed by atoms with Crippen molar-refractivity contribution in [2.75, 3.05) is 27.2 Å². The number of oxime groups is 1. The van der Waals surface area contributed by atoms with Gasteiger partial charge in [0.1, 0.15) is 5.84 Å². The molecule has 0 saturated heterocycles. The molecule has 0 radical (unpaired) electrons. The summed E-state index contributed by atoms with van der Waals surface area (Å²) in [6, 6.07) is 0. The number of rotatable bonds is 7. The number of nitrogens with zero attached hydrogens (tertiary/aromatic N) is 2. The van der Waals surface area contributed by atoms with Gasteiger partial charge in [0.25, 0.3) is 0 Å². The van der Waals surface area contributed by atoms with Crippen molar-refractivity contribution in [2.24, 2.45) is 16.3 Å². The van der Waals surface area contributed by atoms with Crippen molar-refractivity contribution >= 4 is 11.7 Å². The van der Waals surface area contributed by atoms with Gasteiger partial charge in [-0.3, -0.25) is 4.79 Å². The molecule has 17 heavy (non-hydrogen) atoms. The molecule has 1 amide bonds. The highest BCUT2D eigenvalue weighted by Gasteiger charge is 2.22. The molecule has 0 aromatic heterocycles. The van der Waals surface area contributed by atoms with Gasteiger partial charge in [-0.05, 0) is 13.0 Å². The van der Waals surface area contributed by atoms with Crippen molar-refractivity contribution in [1.82, 2.24) is 10.2 Å². The molecule has 0 aromatic carbocycles. The van der Waals surface area contributed by atoms with E-state index in [1.54, 1.807) is 19.0 Å². The summed E-state index contributed by atoms with van der Waals surface area (Å²) >= 11 is 0. The molecule has 0 aliphatic carbocycles. The minimum atomic E-state index is -0.340. The minimum Gasteiger partial charge on any atom is -0.409 e. The van der Waals surface area contributed by atoms with E-state index in [9.17, 15) is 4.79 Å². The number of amides is 1. The van der Waals surface area contributed by atoms with Crippen LogP contribution < -0.4 is 11.1 Å². The lowest BCUT2D eigenvalue weighted by Gasteiger charge is -2.22. The van der Waals surface area contributed by atoms with E-state index in [-0.39, 0.29) is 17.2 Å². The van der Waals surface area contributed by atoms with Crippen molar-refractivity contribution in [2.45, 2.75) is 26.7 Å². The molecule has 0 fully saturated rings. The quantitative estimate of drug-likeness (QED) is 0.196. The zero-order valence-electron chi connectivity index (χ0n) is 11.2. The third-order valence-corrected chi connectivity index (χ3v) is 2.74. The second kappa shape index (κ2) is 7.11. The largest absolute Gasteiger partial charge is 0.409 e. The molecule has 0 heterocycles. The summed E-state index contributed by atoms with van der Waals surface area (Å²) in [5.74, 6) is 0.330. The van der Waals surface area contributed by atoms with Crippen LogP contribution in [0.4, 0.5) is 0 Å². The Morgan fingerprint density at radius 1 is 1.41 bits per heavy atom. The molecule has 0 rings (SSSR count). The highest BCUT2D eigenvalue weighted by atomic mass is 16.4. The third kappa shape index (κ3) is 6.11. The highest BCUT2D eigenvalue weighted by Crippen LogP contribution is 2.19. The highest BCUT2D eigenvalue weighted by molar-refractivity contribution is 5.85. The molecule has 0 aliphatic heterocycles. The summed E-state index contributed by atoms with van der Waals surface area (Å²) < 4.78 is 0. The fourth-order valence-corrected chi connectivity index (χ4v) is 1.21. The summed E-state index contributed by atoms with van der Waals surface area (Å²) in [5.41, 5.74) is 5.22. The summed E-state index contributed by atoms with van der Waals surface area (Å²) in [7, 11) is 3.48. The summed E-state index contributed by atoms with van der Waals surface area (Å²) in [5, 5.41) is 14.8. The summed E-state index contributed by atoms with van der Waals surface area (Å²) in [6.07, 6.45) is 1.23. The molecule has 0 bridgehead atoms. The molecule has 0 saturated carbocycles. The van der Waals surface area contributed by atoms with Crippen LogP contribution in [0.15, 0.2) is 5.16 Å². The predicted octanol–water partition coefficient (Wildman–Crippen LogP) is 0.217. The molecule has 6 heteroatoms. The second-order valence-corrected chi connectivity index (χ2v) is 4.91. The number of amidine groups is 1. The van der Waals surface area contributed by atoms with Gasteiger partial charge in [0, 0.05) is 32.5 Å². The van der Waals surface area contributed by atoms with Crippen molar-refractivity contribution < 1.29 is 10.0 Å². The van der Waals surface area contributed by atoms with E-state index in [0.29, 0.717) is 13.0 Å². The van der Waals surface area contributed by atoms with Gasteiger partial charge < -0.3 is 21.2 Å². The molecule has 0 atom stereocenters. The van der Waals surface area contributed by atoms with Crippen LogP contribution in [-0.4, -0.2) is 49.0 Å². The monoisotopic (exact) mass is 244 g/mol. The average Bonchev–Trinajstić information content (AvgIpc) is 2.26. The maximum Gasteiger partial charge on any atom is 0.223 e. The van der Waals surface area contributed by atoms with Crippen LogP contribution in [0, 0.1) is 5.41 Å². The van der Waals surface area contributed by atoms with Crippen molar-refractivity contribution in [3.63, 3.8) is 0 Å². The Morgan fingerprint density at radius 2 is 2.00 bits per heavy atom. The lowest BCUT2D eigenvalue weighted by Crippen LogP contribution is -2.35. The normalized spacial score (nSPS) is 12.6. The van der Waals surface area contributed by atoms with E-state index in [1.807, 2.05) is 13.8 Å². The maximum absolute atomic E-state index is 11.3. The van der Waals surface area contributed by atoms with Crippen molar-refractivity contribution in [3.05, 3.63) is 0 Å². The van der Waals surface area contributed by atoms with Gasteiger partial charge in [-0.2, -0.15) is 0 Å². The Hall–Kier alpha value is -1.30. The van der Waals surface area contributed by atoms with E-state index in [4.69, 9.17) is 10.9 Å². The number of hydrogen-bond donors (Lipinski definition) is 3. The Labute approximate surface area is 103 Å². The Bertz CT molecular complexity index is 275.